The predicted molar refractivity (Wildman–Crippen MR) is 74.7 cm³/mol. The van der Waals surface area contributed by atoms with Crippen LogP contribution in [0, 0.1) is 0 Å². The summed E-state index contributed by atoms with van der Waals surface area (Å²) in [4.78, 5) is 0. The molecule has 0 bridgehead atoms. The number of nitrogens with zero attached hydrogens (tertiary/aromatic N) is 1. The van der Waals surface area contributed by atoms with Crippen molar-refractivity contribution in [2.45, 2.75) is 58.9 Å². The van der Waals surface area contributed by atoms with Gasteiger partial charge in [-0.3, -0.25) is 0 Å². The highest BCUT2D eigenvalue weighted by Crippen LogP contribution is 2.07. The molecule has 1 nitrogen and oxygen atoms in total. The lowest BCUT2D eigenvalue weighted by Crippen LogP contribution is -2.37. The predicted octanol–water partition coefficient (Wildman–Crippen LogP) is 4.37. The zero-order valence-corrected chi connectivity index (χ0v) is 11.4. The topological polar surface area (TPSA) is 3.88 Å². The third-order valence-electron chi connectivity index (χ3n) is 3.13. The molecule has 0 atom stereocenters. The fourth-order valence-corrected chi connectivity index (χ4v) is 2.12. The average Bonchev–Trinajstić information content (AvgIpc) is 2.34. The molecular weight excluding hydrogens is 206 g/mol. The van der Waals surface area contributed by atoms with Gasteiger partial charge in [0.1, 0.15) is 6.54 Å². The first-order chi connectivity index (χ1) is 8.25. The van der Waals surface area contributed by atoms with E-state index in [9.17, 15) is 0 Å². The molecule has 0 aliphatic rings. The van der Waals surface area contributed by atoms with Gasteiger partial charge in [-0.05, 0) is 19.4 Å². The molecule has 1 heteroatoms. The lowest BCUT2D eigenvalue weighted by Gasteiger charge is -2.03. The molecule has 0 N–H and O–H groups in total. The molecule has 0 amide bonds. The van der Waals surface area contributed by atoms with Gasteiger partial charge in [-0.1, -0.05) is 39.2 Å². The van der Waals surface area contributed by atoms with Crippen molar-refractivity contribution in [2.24, 2.45) is 0 Å². The first-order valence-electron chi connectivity index (χ1n) is 6.90. The Balaban J connectivity index is 2.34. The number of aromatic nitrogens is 1. The van der Waals surface area contributed by atoms with E-state index < -0.39 is 0 Å². The van der Waals surface area contributed by atoms with Crippen LogP contribution in [0.25, 0.3) is 5.57 Å². The Hall–Kier alpha value is -1.11. The first kappa shape index (κ1) is 14.0. The summed E-state index contributed by atoms with van der Waals surface area (Å²) in [6.07, 6.45) is 10.3. The molecule has 0 aliphatic heterocycles. The summed E-state index contributed by atoms with van der Waals surface area (Å²) in [5, 5.41) is 0. The van der Waals surface area contributed by atoms with Gasteiger partial charge in [0.15, 0.2) is 6.20 Å². The number of unbranched alkanes of at least 4 members (excludes halogenated alkanes) is 5. The van der Waals surface area contributed by atoms with Crippen molar-refractivity contribution in [3.8, 4) is 0 Å². The van der Waals surface area contributed by atoms with E-state index >= 15 is 0 Å². The zero-order chi connectivity index (χ0) is 12.5. The SMILES string of the molecule is C=C(C)c1cccc[n+]1CCCCCCCC. The van der Waals surface area contributed by atoms with E-state index in [0.29, 0.717) is 0 Å². The van der Waals surface area contributed by atoms with Crippen molar-refractivity contribution in [1.29, 1.82) is 0 Å². The Morgan fingerprint density at radius 2 is 1.82 bits per heavy atom. The molecule has 0 saturated carbocycles. The molecule has 0 unspecified atom stereocenters. The third-order valence-corrected chi connectivity index (χ3v) is 3.13. The summed E-state index contributed by atoms with van der Waals surface area (Å²) in [5.41, 5.74) is 2.41. The molecule has 0 fully saturated rings. The van der Waals surface area contributed by atoms with Crippen molar-refractivity contribution >= 4 is 5.57 Å². The quantitative estimate of drug-likeness (QED) is 0.463. The van der Waals surface area contributed by atoms with Gasteiger partial charge in [-0.2, -0.15) is 4.57 Å². The second-order valence-corrected chi connectivity index (χ2v) is 4.83. The van der Waals surface area contributed by atoms with Crippen LogP contribution in [0.1, 0.15) is 58.1 Å². The Morgan fingerprint density at radius 1 is 1.12 bits per heavy atom. The van der Waals surface area contributed by atoms with Gasteiger partial charge in [0.05, 0.1) is 0 Å². The molecule has 0 saturated heterocycles. The molecule has 1 aromatic rings. The highest BCUT2D eigenvalue weighted by atomic mass is 14.9. The second kappa shape index (κ2) is 8.05. The second-order valence-electron chi connectivity index (χ2n) is 4.83. The van der Waals surface area contributed by atoms with Crippen LogP contribution in [0.3, 0.4) is 0 Å². The minimum absolute atomic E-state index is 1.12. The molecule has 0 aromatic carbocycles. The van der Waals surface area contributed by atoms with Crippen molar-refractivity contribution in [2.75, 3.05) is 0 Å². The summed E-state index contributed by atoms with van der Waals surface area (Å²) in [6, 6.07) is 6.34. The molecule has 1 rings (SSSR count). The van der Waals surface area contributed by atoms with Gasteiger partial charge in [0.2, 0.25) is 5.69 Å². The maximum Gasteiger partial charge on any atom is 0.207 e. The van der Waals surface area contributed by atoms with E-state index in [1.165, 1.54) is 44.2 Å². The van der Waals surface area contributed by atoms with Crippen molar-refractivity contribution in [3.63, 3.8) is 0 Å². The van der Waals surface area contributed by atoms with E-state index in [-0.39, 0.29) is 0 Å². The van der Waals surface area contributed by atoms with Gasteiger partial charge in [-0.15, -0.1) is 0 Å². The van der Waals surface area contributed by atoms with E-state index in [1.54, 1.807) is 0 Å². The minimum Gasteiger partial charge on any atom is -0.199 e. The van der Waals surface area contributed by atoms with Crippen molar-refractivity contribution in [3.05, 3.63) is 36.7 Å². The molecule has 1 heterocycles. The molecule has 17 heavy (non-hydrogen) atoms. The van der Waals surface area contributed by atoms with Crippen LogP contribution in [0.15, 0.2) is 31.0 Å². The Bertz CT molecular complexity index is 341. The fourth-order valence-electron chi connectivity index (χ4n) is 2.12. The standard InChI is InChI=1S/C16H26N/c1-4-5-6-7-8-10-13-17-14-11-9-12-16(17)15(2)3/h9,11-12,14H,2,4-8,10,13H2,1,3H3/q+1. The number of hydrogen-bond donors (Lipinski definition) is 0. The van der Waals surface area contributed by atoms with E-state index in [0.717, 1.165) is 12.1 Å². The maximum atomic E-state index is 4.03. The maximum absolute atomic E-state index is 4.03. The summed E-state index contributed by atoms with van der Waals surface area (Å²) in [5.74, 6) is 0. The lowest BCUT2D eigenvalue weighted by atomic mass is 10.1. The average molecular weight is 232 g/mol. The van der Waals surface area contributed by atoms with Crippen molar-refractivity contribution in [1.82, 2.24) is 0 Å². The van der Waals surface area contributed by atoms with Gasteiger partial charge in [-0.25, -0.2) is 0 Å². The van der Waals surface area contributed by atoms with Gasteiger partial charge in [0.25, 0.3) is 0 Å². The fraction of sp³-hybridized carbons (Fsp3) is 0.562. The molecule has 94 valence electrons. The van der Waals surface area contributed by atoms with Crippen LogP contribution >= 0.6 is 0 Å². The largest absolute Gasteiger partial charge is 0.207 e. The summed E-state index contributed by atoms with van der Waals surface area (Å²) in [6.45, 7) is 9.49. The van der Waals surface area contributed by atoms with Crippen LogP contribution in [-0.2, 0) is 6.54 Å². The highest BCUT2D eigenvalue weighted by Gasteiger charge is 2.08. The smallest absolute Gasteiger partial charge is 0.199 e. The minimum atomic E-state index is 1.12. The molecule has 1 aromatic heterocycles. The van der Waals surface area contributed by atoms with Crippen LogP contribution in [-0.4, -0.2) is 0 Å². The van der Waals surface area contributed by atoms with E-state index in [1.807, 2.05) is 0 Å². The zero-order valence-electron chi connectivity index (χ0n) is 11.4. The summed E-state index contributed by atoms with van der Waals surface area (Å²) >= 11 is 0. The number of rotatable bonds is 8. The number of pyridine rings is 1. The van der Waals surface area contributed by atoms with E-state index in [2.05, 4.69) is 49.4 Å². The number of aryl methyl sites for hydroxylation is 1. The molecule has 0 aliphatic carbocycles. The monoisotopic (exact) mass is 232 g/mol. The van der Waals surface area contributed by atoms with Crippen LogP contribution in [0.5, 0.6) is 0 Å². The summed E-state index contributed by atoms with van der Waals surface area (Å²) < 4.78 is 2.32. The summed E-state index contributed by atoms with van der Waals surface area (Å²) in [7, 11) is 0. The van der Waals surface area contributed by atoms with E-state index in [4.69, 9.17) is 0 Å². The van der Waals surface area contributed by atoms with Crippen LogP contribution in [0.2, 0.25) is 0 Å². The number of hydrogen-bond acceptors (Lipinski definition) is 0. The highest BCUT2D eigenvalue weighted by molar-refractivity contribution is 5.54. The van der Waals surface area contributed by atoms with Gasteiger partial charge >= 0.3 is 0 Å². The lowest BCUT2D eigenvalue weighted by molar-refractivity contribution is -0.699. The number of allylic oxidation sites excluding steroid dienone is 1. The Morgan fingerprint density at radius 3 is 2.53 bits per heavy atom. The van der Waals surface area contributed by atoms with Gasteiger partial charge in [0, 0.05) is 24.1 Å². The van der Waals surface area contributed by atoms with Crippen molar-refractivity contribution < 1.29 is 4.57 Å². The normalized spacial score (nSPS) is 10.5. The van der Waals surface area contributed by atoms with Crippen LogP contribution < -0.4 is 4.57 Å². The molecule has 0 radical (unpaired) electrons. The van der Waals surface area contributed by atoms with Crippen LogP contribution in [0.4, 0.5) is 0 Å². The third kappa shape index (κ3) is 5.16. The molecular formula is C16H26N+. The van der Waals surface area contributed by atoms with Gasteiger partial charge < -0.3 is 0 Å². The Labute approximate surface area is 106 Å². The molecule has 0 spiro atoms. The Kier molecular flexibility index (Phi) is 6.61. The first-order valence-corrected chi connectivity index (χ1v) is 6.90.